The highest BCUT2D eigenvalue weighted by atomic mass is 16.4. The molecule has 1 aliphatic heterocycles. The average molecular weight is 456 g/mol. The number of rotatable bonds is 10. The van der Waals surface area contributed by atoms with Gasteiger partial charge in [0.2, 0.25) is 5.91 Å². The molecule has 0 aromatic carbocycles. The minimum Gasteiger partial charge on any atom is -0.455 e. The van der Waals surface area contributed by atoms with Crippen molar-refractivity contribution in [2.75, 3.05) is 39.8 Å². The number of aromatic nitrogens is 2. The highest BCUT2D eigenvalue weighted by molar-refractivity contribution is 5.95. The zero-order valence-corrected chi connectivity index (χ0v) is 20.3. The van der Waals surface area contributed by atoms with Gasteiger partial charge in [-0.25, -0.2) is 0 Å². The van der Waals surface area contributed by atoms with E-state index >= 15 is 0 Å². The second-order valence-corrected chi connectivity index (χ2v) is 9.41. The summed E-state index contributed by atoms with van der Waals surface area (Å²) in [4.78, 5) is 29.5. The maximum Gasteiger partial charge on any atom is 0.289 e. The predicted octanol–water partition coefficient (Wildman–Crippen LogP) is 3.02. The number of carbonyl (C=O) groups is 2. The smallest absolute Gasteiger partial charge is 0.289 e. The van der Waals surface area contributed by atoms with E-state index in [1.165, 1.54) is 12.8 Å². The molecule has 1 fully saturated rings. The largest absolute Gasteiger partial charge is 0.455 e. The molecule has 0 saturated carbocycles. The van der Waals surface area contributed by atoms with Gasteiger partial charge in [0.15, 0.2) is 5.76 Å². The second-order valence-electron chi connectivity index (χ2n) is 9.41. The molecule has 2 aliphatic rings. The molecule has 0 spiro atoms. The maximum absolute atomic E-state index is 12.9. The number of hydrogen-bond acceptors (Lipinski definition) is 5. The molecular weight excluding hydrogens is 418 g/mol. The molecule has 1 aliphatic carbocycles. The van der Waals surface area contributed by atoms with Crippen LogP contribution in [0.25, 0.3) is 11.3 Å². The molecule has 1 saturated heterocycles. The fraction of sp³-hybridized carbons (Fsp3) is 0.640. The number of nitrogens with zero attached hydrogens (tertiary/aromatic N) is 4. The van der Waals surface area contributed by atoms with Crippen LogP contribution in [0.2, 0.25) is 0 Å². The molecule has 2 aromatic heterocycles. The van der Waals surface area contributed by atoms with Crippen molar-refractivity contribution in [1.82, 2.24) is 24.9 Å². The van der Waals surface area contributed by atoms with Crippen molar-refractivity contribution in [2.24, 2.45) is 0 Å². The molecule has 1 N–H and O–H groups in total. The van der Waals surface area contributed by atoms with Gasteiger partial charge < -0.3 is 19.5 Å². The number of nitrogens with one attached hydrogen (secondary N) is 1. The van der Waals surface area contributed by atoms with Crippen LogP contribution in [0, 0.1) is 6.92 Å². The quantitative estimate of drug-likeness (QED) is 0.557. The lowest BCUT2D eigenvalue weighted by atomic mass is 9.93. The van der Waals surface area contributed by atoms with Gasteiger partial charge in [-0.2, -0.15) is 5.10 Å². The topological polar surface area (TPSA) is 83.6 Å². The Balaban J connectivity index is 1.36. The Bertz CT molecular complexity index is 987. The molecule has 0 atom stereocenters. The van der Waals surface area contributed by atoms with Crippen molar-refractivity contribution in [1.29, 1.82) is 0 Å². The van der Waals surface area contributed by atoms with Crippen molar-refractivity contribution in [3.8, 4) is 11.3 Å². The minimum atomic E-state index is -0.0277. The molecule has 33 heavy (non-hydrogen) atoms. The molecule has 0 unspecified atom stereocenters. The van der Waals surface area contributed by atoms with Crippen LogP contribution in [0.1, 0.15) is 66.5 Å². The highest BCUT2D eigenvalue weighted by Crippen LogP contribution is 2.38. The van der Waals surface area contributed by atoms with Crippen molar-refractivity contribution in [3.05, 3.63) is 28.8 Å². The van der Waals surface area contributed by atoms with Gasteiger partial charge >= 0.3 is 0 Å². The summed E-state index contributed by atoms with van der Waals surface area (Å²) < 4.78 is 7.76. The average Bonchev–Trinajstić information content (AvgIpc) is 3.53. The Hall–Kier alpha value is -2.61. The summed E-state index contributed by atoms with van der Waals surface area (Å²) in [6.07, 6.45) is 8.97. The van der Waals surface area contributed by atoms with E-state index in [4.69, 9.17) is 9.52 Å². The summed E-state index contributed by atoms with van der Waals surface area (Å²) in [7, 11) is 2.13. The number of unbranched alkanes of at least 4 members (excludes halogenated alkanes) is 1. The van der Waals surface area contributed by atoms with Crippen LogP contribution >= 0.6 is 0 Å². The fourth-order valence-electron chi connectivity index (χ4n) is 4.83. The Morgan fingerprint density at radius 1 is 1.18 bits per heavy atom. The van der Waals surface area contributed by atoms with Crippen LogP contribution < -0.4 is 5.32 Å². The van der Waals surface area contributed by atoms with Crippen molar-refractivity contribution < 1.29 is 14.0 Å². The van der Waals surface area contributed by atoms with E-state index in [0.717, 1.165) is 86.4 Å². The molecule has 2 amide bonds. The van der Waals surface area contributed by atoms with Crippen LogP contribution in [-0.2, 0) is 24.2 Å². The minimum absolute atomic E-state index is 0.0138. The standard InChI is InChI=1S/C25H37N5O3/c1-4-5-12-28(3)13-8-11-26-21(31)17-30-16-19-9-10-20-22(23(19)27-30)18(2)24(33-20)25(32)29-14-6-7-15-29/h16H,4-15,17H2,1-3H3,(H,26,31). The Morgan fingerprint density at radius 3 is 2.70 bits per heavy atom. The molecule has 4 rings (SSSR count). The van der Waals surface area contributed by atoms with E-state index < -0.39 is 0 Å². The Kier molecular flexibility index (Phi) is 7.53. The zero-order chi connectivity index (χ0) is 23.4. The second kappa shape index (κ2) is 10.5. The number of amides is 2. The predicted molar refractivity (Wildman–Crippen MR) is 127 cm³/mol. The van der Waals surface area contributed by atoms with Gasteiger partial charge in [0.05, 0.1) is 5.69 Å². The number of hydrogen-bond donors (Lipinski definition) is 1. The molecule has 0 bridgehead atoms. The van der Waals surface area contributed by atoms with Crippen LogP contribution in [0.15, 0.2) is 10.6 Å². The van der Waals surface area contributed by atoms with Crippen LogP contribution in [0.3, 0.4) is 0 Å². The van der Waals surface area contributed by atoms with Gasteiger partial charge in [0.1, 0.15) is 12.3 Å². The van der Waals surface area contributed by atoms with E-state index in [-0.39, 0.29) is 18.4 Å². The third-order valence-electron chi connectivity index (χ3n) is 6.74. The molecular formula is C25H37N5O3. The first-order valence-corrected chi connectivity index (χ1v) is 12.4. The lowest BCUT2D eigenvalue weighted by Gasteiger charge is -2.15. The number of likely N-dealkylation sites (tertiary alicyclic amines) is 1. The van der Waals surface area contributed by atoms with Gasteiger partial charge in [-0.15, -0.1) is 0 Å². The van der Waals surface area contributed by atoms with E-state index in [0.29, 0.717) is 12.3 Å². The summed E-state index contributed by atoms with van der Waals surface area (Å²) in [6, 6.07) is 0. The van der Waals surface area contributed by atoms with Crippen LogP contribution in [-0.4, -0.2) is 71.2 Å². The summed E-state index contributed by atoms with van der Waals surface area (Å²) >= 11 is 0. The summed E-state index contributed by atoms with van der Waals surface area (Å²) in [5.41, 5.74) is 3.76. The Labute approximate surface area is 196 Å². The SMILES string of the molecule is CCCCN(C)CCCNC(=O)Cn1cc2c(n1)-c1c(oc(C(=O)N3CCCC3)c1C)CC2. The Morgan fingerprint density at radius 2 is 1.94 bits per heavy atom. The molecule has 180 valence electrons. The first-order valence-electron chi connectivity index (χ1n) is 12.4. The highest BCUT2D eigenvalue weighted by Gasteiger charge is 2.32. The van der Waals surface area contributed by atoms with E-state index in [2.05, 4.69) is 24.2 Å². The van der Waals surface area contributed by atoms with Gasteiger partial charge in [0.25, 0.3) is 5.91 Å². The summed E-state index contributed by atoms with van der Waals surface area (Å²) in [5, 5.41) is 7.72. The molecule has 8 heteroatoms. The van der Waals surface area contributed by atoms with Crippen molar-refractivity contribution in [2.45, 2.75) is 65.3 Å². The zero-order valence-electron chi connectivity index (χ0n) is 20.3. The van der Waals surface area contributed by atoms with E-state index in [9.17, 15) is 9.59 Å². The van der Waals surface area contributed by atoms with Crippen LogP contribution in [0.4, 0.5) is 0 Å². The molecule has 2 aromatic rings. The molecule has 3 heterocycles. The van der Waals surface area contributed by atoms with Crippen molar-refractivity contribution >= 4 is 11.8 Å². The number of aryl methyl sites for hydroxylation is 2. The third-order valence-corrected chi connectivity index (χ3v) is 6.74. The summed E-state index contributed by atoms with van der Waals surface area (Å²) in [6.45, 7) is 8.70. The number of fused-ring (bicyclic) bond motifs is 3. The number of carbonyl (C=O) groups excluding carboxylic acids is 2. The van der Waals surface area contributed by atoms with Gasteiger partial charge in [-0.1, -0.05) is 13.3 Å². The first-order chi connectivity index (χ1) is 16.0. The normalized spacial score (nSPS) is 15.1. The lowest BCUT2D eigenvalue weighted by Crippen LogP contribution is -2.31. The fourth-order valence-corrected chi connectivity index (χ4v) is 4.83. The van der Waals surface area contributed by atoms with Gasteiger partial charge in [-0.05, 0) is 64.7 Å². The summed E-state index contributed by atoms with van der Waals surface area (Å²) in [5.74, 6) is 1.25. The van der Waals surface area contributed by atoms with E-state index in [1.54, 1.807) is 4.68 Å². The van der Waals surface area contributed by atoms with Crippen molar-refractivity contribution in [3.63, 3.8) is 0 Å². The molecule has 8 nitrogen and oxygen atoms in total. The third kappa shape index (κ3) is 5.32. The first kappa shape index (κ1) is 23.5. The monoisotopic (exact) mass is 455 g/mol. The number of furan rings is 1. The van der Waals surface area contributed by atoms with Gasteiger partial charge in [-0.3, -0.25) is 14.3 Å². The molecule has 0 radical (unpaired) electrons. The van der Waals surface area contributed by atoms with Gasteiger partial charge in [0, 0.05) is 43.4 Å². The maximum atomic E-state index is 12.9. The lowest BCUT2D eigenvalue weighted by molar-refractivity contribution is -0.121. The van der Waals surface area contributed by atoms with E-state index in [1.807, 2.05) is 18.0 Å². The van der Waals surface area contributed by atoms with Crippen LogP contribution in [0.5, 0.6) is 0 Å².